The molecule has 0 bridgehead atoms. The van der Waals surface area contributed by atoms with Crippen LogP contribution in [-0.4, -0.2) is 17.0 Å². The summed E-state index contributed by atoms with van der Waals surface area (Å²) in [5.74, 6) is -4.97. The van der Waals surface area contributed by atoms with Crippen LogP contribution in [0.1, 0.15) is 19.3 Å². The highest BCUT2D eigenvalue weighted by molar-refractivity contribution is 5.95. The van der Waals surface area contributed by atoms with Crippen LogP contribution in [0.25, 0.3) is 0 Å². The molecule has 102 valence electrons. The predicted molar refractivity (Wildman–Crippen MR) is 63.5 cm³/mol. The Labute approximate surface area is 108 Å². The van der Waals surface area contributed by atoms with E-state index in [1.54, 1.807) is 0 Å². The van der Waals surface area contributed by atoms with Gasteiger partial charge in [-0.15, -0.1) is 0 Å². The summed E-state index contributed by atoms with van der Waals surface area (Å²) in [5.41, 5.74) is -0.525. The average Bonchev–Trinajstić information content (AvgIpc) is 2.83. The number of rotatable bonds is 3. The molecule has 0 heterocycles. The van der Waals surface area contributed by atoms with E-state index in [1.807, 2.05) is 0 Å². The van der Waals surface area contributed by atoms with Crippen molar-refractivity contribution in [3.05, 3.63) is 29.8 Å². The molecular formula is C13H13F2NO3. The monoisotopic (exact) mass is 269 g/mol. The number of halogens is 2. The largest absolute Gasteiger partial charge is 0.481 e. The van der Waals surface area contributed by atoms with E-state index in [0.29, 0.717) is 19.3 Å². The van der Waals surface area contributed by atoms with Crippen molar-refractivity contribution in [2.24, 2.45) is 11.8 Å². The topological polar surface area (TPSA) is 66.4 Å². The van der Waals surface area contributed by atoms with Gasteiger partial charge in [-0.2, -0.15) is 0 Å². The smallest absolute Gasteiger partial charge is 0.307 e. The van der Waals surface area contributed by atoms with Gasteiger partial charge in [-0.3, -0.25) is 9.59 Å². The average molecular weight is 269 g/mol. The van der Waals surface area contributed by atoms with E-state index in [0.717, 1.165) is 12.1 Å². The molecule has 2 atom stereocenters. The predicted octanol–water partition coefficient (Wildman–Crippen LogP) is 2.40. The fourth-order valence-corrected chi connectivity index (χ4v) is 2.40. The highest BCUT2D eigenvalue weighted by atomic mass is 19.1. The van der Waals surface area contributed by atoms with Gasteiger partial charge >= 0.3 is 5.97 Å². The van der Waals surface area contributed by atoms with E-state index in [2.05, 4.69) is 5.32 Å². The number of aliphatic carboxylic acids is 1. The third kappa shape index (κ3) is 2.72. The number of para-hydroxylation sites is 1. The first-order chi connectivity index (χ1) is 9.00. The first kappa shape index (κ1) is 13.5. The van der Waals surface area contributed by atoms with Crippen molar-refractivity contribution in [2.75, 3.05) is 5.32 Å². The van der Waals surface area contributed by atoms with E-state index in [-0.39, 0.29) is 0 Å². The molecule has 0 radical (unpaired) electrons. The molecule has 2 N–H and O–H groups in total. The Hall–Kier alpha value is -1.98. The number of hydrogen-bond acceptors (Lipinski definition) is 2. The summed E-state index contributed by atoms with van der Waals surface area (Å²) in [7, 11) is 0. The van der Waals surface area contributed by atoms with Crippen molar-refractivity contribution in [3.63, 3.8) is 0 Å². The summed E-state index contributed by atoms with van der Waals surface area (Å²) in [6.07, 6.45) is 1.45. The maximum absolute atomic E-state index is 13.4. The van der Waals surface area contributed by atoms with Crippen molar-refractivity contribution in [1.29, 1.82) is 0 Å². The Morgan fingerprint density at radius 1 is 1.16 bits per heavy atom. The van der Waals surface area contributed by atoms with Gasteiger partial charge in [0, 0.05) is 0 Å². The third-order valence-corrected chi connectivity index (χ3v) is 3.38. The number of hydrogen-bond donors (Lipinski definition) is 2. The molecule has 1 saturated carbocycles. The lowest BCUT2D eigenvalue weighted by molar-refractivity contribution is -0.145. The zero-order valence-electron chi connectivity index (χ0n) is 10.0. The summed E-state index contributed by atoms with van der Waals surface area (Å²) in [5, 5.41) is 11.1. The van der Waals surface area contributed by atoms with Crippen LogP contribution in [-0.2, 0) is 9.59 Å². The van der Waals surface area contributed by atoms with E-state index in [4.69, 9.17) is 5.11 Å². The first-order valence-electron chi connectivity index (χ1n) is 5.98. The van der Waals surface area contributed by atoms with Crippen LogP contribution in [0.15, 0.2) is 18.2 Å². The van der Waals surface area contributed by atoms with Crippen LogP contribution < -0.4 is 5.32 Å². The number of anilines is 1. The number of carboxylic acid groups (broad SMARTS) is 1. The Kier molecular flexibility index (Phi) is 3.78. The molecule has 6 heteroatoms. The maximum Gasteiger partial charge on any atom is 0.307 e. The molecule has 0 aromatic heterocycles. The minimum Gasteiger partial charge on any atom is -0.481 e. The van der Waals surface area contributed by atoms with Crippen molar-refractivity contribution >= 4 is 17.6 Å². The zero-order valence-corrected chi connectivity index (χ0v) is 10.0. The van der Waals surface area contributed by atoms with Crippen LogP contribution in [0.5, 0.6) is 0 Å². The SMILES string of the molecule is O=C(O)[C@H]1CCC[C@H]1C(=O)Nc1c(F)cccc1F. The molecule has 19 heavy (non-hydrogen) atoms. The molecule has 4 nitrogen and oxygen atoms in total. The second kappa shape index (κ2) is 5.34. The Morgan fingerprint density at radius 2 is 1.74 bits per heavy atom. The molecule has 0 saturated heterocycles. The van der Waals surface area contributed by atoms with Gasteiger partial charge in [0.05, 0.1) is 11.8 Å². The highest BCUT2D eigenvalue weighted by Crippen LogP contribution is 2.33. The van der Waals surface area contributed by atoms with Crippen LogP contribution in [0, 0.1) is 23.5 Å². The normalized spacial score (nSPS) is 22.2. The molecule has 0 spiro atoms. The Bertz CT molecular complexity index is 498. The number of benzene rings is 1. The lowest BCUT2D eigenvalue weighted by Crippen LogP contribution is -2.30. The fraction of sp³-hybridized carbons (Fsp3) is 0.385. The van der Waals surface area contributed by atoms with Crippen molar-refractivity contribution < 1.29 is 23.5 Å². The van der Waals surface area contributed by atoms with Crippen molar-refractivity contribution in [3.8, 4) is 0 Å². The molecule has 1 aromatic rings. The molecule has 1 aromatic carbocycles. The zero-order chi connectivity index (χ0) is 14.0. The van der Waals surface area contributed by atoms with E-state index in [9.17, 15) is 18.4 Å². The number of carboxylic acids is 1. The molecular weight excluding hydrogens is 256 g/mol. The van der Waals surface area contributed by atoms with E-state index >= 15 is 0 Å². The molecule has 1 fully saturated rings. The lowest BCUT2D eigenvalue weighted by Gasteiger charge is -2.16. The number of carbonyl (C=O) groups is 2. The lowest BCUT2D eigenvalue weighted by atomic mass is 9.95. The molecule has 1 aliphatic carbocycles. The van der Waals surface area contributed by atoms with Gasteiger partial charge in [-0.25, -0.2) is 8.78 Å². The van der Waals surface area contributed by atoms with Gasteiger partial charge in [-0.1, -0.05) is 12.5 Å². The van der Waals surface area contributed by atoms with Crippen molar-refractivity contribution in [1.82, 2.24) is 0 Å². The van der Waals surface area contributed by atoms with E-state index in [1.165, 1.54) is 6.07 Å². The van der Waals surface area contributed by atoms with Crippen LogP contribution >= 0.6 is 0 Å². The molecule has 1 aliphatic rings. The van der Waals surface area contributed by atoms with Crippen LogP contribution in [0.2, 0.25) is 0 Å². The minimum atomic E-state index is -1.05. The number of carbonyl (C=O) groups excluding carboxylic acids is 1. The Balaban J connectivity index is 2.15. The summed E-state index contributed by atoms with van der Waals surface area (Å²) in [4.78, 5) is 22.9. The molecule has 0 aliphatic heterocycles. The number of amides is 1. The van der Waals surface area contributed by atoms with Gasteiger partial charge in [0.15, 0.2) is 0 Å². The van der Waals surface area contributed by atoms with Gasteiger partial charge in [0.25, 0.3) is 0 Å². The van der Waals surface area contributed by atoms with Crippen LogP contribution in [0.3, 0.4) is 0 Å². The molecule has 1 amide bonds. The summed E-state index contributed by atoms with van der Waals surface area (Å²) >= 11 is 0. The van der Waals surface area contributed by atoms with Crippen LogP contribution in [0.4, 0.5) is 14.5 Å². The highest BCUT2D eigenvalue weighted by Gasteiger charge is 2.38. The third-order valence-electron chi connectivity index (χ3n) is 3.38. The Morgan fingerprint density at radius 3 is 2.32 bits per heavy atom. The first-order valence-corrected chi connectivity index (χ1v) is 5.98. The minimum absolute atomic E-state index is 0.410. The quantitative estimate of drug-likeness (QED) is 0.885. The van der Waals surface area contributed by atoms with Gasteiger partial charge in [-0.05, 0) is 25.0 Å². The summed E-state index contributed by atoms with van der Waals surface area (Å²) in [6, 6.07) is 3.25. The van der Waals surface area contributed by atoms with E-state index < -0.39 is 41.0 Å². The number of nitrogens with one attached hydrogen (secondary N) is 1. The maximum atomic E-state index is 13.4. The van der Waals surface area contributed by atoms with Gasteiger partial charge in [0.1, 0.15) is 17.3 Å². The molecule has 0 unspecified atom stereocenters. The summed E-state index contributed by atoms with van der Waals surface area (Å²) in [6.45, 7) is 0. The molecule has 2 rings (SSSR count). The standard InChI is InChI=1S/C13H13F2NO3/c14-9-5-2-6-10(15)11(9)16-12(17)7-3-1-4-8(7)13(18)19/h2,5-8H,1,3-4H2,(H,16,17)(H,18,19)/t7-,8+/m1/s1. The second-order valence-corrected chi connectivity index (χ2v) is 4.57. The second-order valence-electron chi connectivity index (χ2n) is 4.57. The fourth-order valence-electron chi connectivity index (χ4n) is 2.40. The van der Waals surface area contributed by atoms with Gasteiger partial charge < -0.3 is 10.4 Å². The van der Waals surface area contributed by atoms with Crippen molar-refractivity contribution in [2.45, 2.75) is 19.3 Å². The van der Waals surface area contributed by atoms with Gasteiger partial charge in [0.2, 0.25) is 5.91 Å². The summed E-state index contributed by atoms with van der Waals surface area (Å²) < 4.78 is 26.8.